The Morgan fingerprint density at radius 3 is 2.48 bits per heavy atom. The molecule has 4 nitrogen and oxygen atoms in total. The van der Waals surface area contributed by atoms with E-state index in [2.05, 4.69) is 11.8 Å². The Bertz CT molecular complexity index is 456. The van der Waals surface area contributed by atoms with Gasteiger partial charge < -0.3 is 20.5 Å². The Labute approximate surface area is 126 Å². The molecule has 0 amide bonds. The Hall–Kier alpha value is -1.10. The van der Waals surface area contributed by atoms with Crippen LogP contribution in [0.5, 0.6) is 5.75 Å². The Kier molecular flexibility index (Phi) is 4.48. The molecule has 0 aromatic heterocycles. The van der Waals surface area contributed by atoms with Crippen LogP contribution in [0.2, 0.25) is 0 Å². The van der Waals surface area contributed by atoms with Gasteiger partial charge >= 0.3 is 0 Å². The maximum absolute atomic E-state index is 10.4. The molecule has 0 bridgehead atoms. The van der Waals surface area contributed by atoms with E-state index >= 15 is 0 Å². The second kappa shape index (κ2) is 6.34. The molecule has 0 radical (unpaired) electrons. The van der Waals surface area contributed by atoms with Gasteiger partial charge in [-0.05, 0) is 56.0 Å². The number of likely N-dealkylation sites (tertiary alicyclic amines) is 1. The fourth-order valence-electron chi connectivity index (χ4n) is 2.98. The van der Waals surface area contributed by atoms with Gasteiger partial charge in [0.25, 0.3) is 0 Å². The monoisotopic (exact) mass is 290 g/mol. The first-order valence-electron chi connectivity index (χ1n) is 8.06. The molecule has 1 unspecified atom stereocenters. The number of ether oxygens (including phenoxy) is 1. The summed E-state index contributed by atoms with van der Waals surface area (Å²) >= 11 is 0. The van der Waals surface area contributed by atoms with Crippen molar-refractivity contribution in [1.82, 2.24) is 4.90 Å². The minimum Gasteiger partial charge on any atom is -0.490 e. The SMILES string of the molecule is C[C@@H]1CC1Oc1ccc([C@@H](O)[C@H](N)CN2CCCC2)cc1. The van der Waals surface area contributed by atoms with E-state index < -0.39 is 6.10 Å². The molecule has 21 heavy (non-hydrogen) atoms. The zero-order chi connectivity index (χ0) is 14.8. The lowest BCUT2D eigenvalue weighted by Crippen LogP contribution is -2.40. The summed E-state index contributed by atoms with van der Waals surface area (Å²) in [5.41, 5.74) is 7.03. The lowest BCUT2D eigenvalue weighted by molar-refractivity contribution is 0.125. The molecule has 4 atom stereocenters. The summed E-state index contributed by atoms with van der Waals surface area (Å²) in [7, 11) is 0. The fourth-order valence-corrected chi connectivity index (χ4v) is 2.98. The van der Waals surface area contributed by atoms with Crippen LogP contribution >= 0.6 is 0 Å². The van der Waals surface area contributed by atoms with Crippen molar-refractivity contribution in [2.75, 3.05) is 19.6 Å². The van der Waals surface area contributed by atoms with E-state index in [1.165, 1.54) is 12.8 Å². The highest BCUT2D eigenvalue weighted by Gasteiger charge is 2.34. The molecular formula is C17H26N2O2. The highest BCUT2D eigenvalue weighted by Crippen LogP contribution is 2.34. The first-order chi connectivity index (χ1) is 10.1. The summed E-state index contributed by atoms with van der Waals surface area (Å²) in [6, 6.07) is 7.49. The summed E-state index contributed by atoms with van der Waals surface area (Å²) in [6.07, 6.45) is 3.39. The summed E-state index contributed by atoms with van der Waals surface area (Å²) < 4.78 is 5.82. The zero-order valence-corrected chi connectivity index (χ0v) is 12.7. The van der Waals surface area contributed by atoms with Crippen LogP contribution in [-0.4, -0.2) is 41.8 Å². The molecule has 1 aromatic rings. The molecule has 3 N–H and O–H groups in total. The van der Waals surface area contributed by atoms with Gasteiger partial charge in [0, 0.05) is 12.6 Å². The average Bonchev–Trinajstić information content (AvgIpc) is 2.96. The van der Waals surface area contributed by atoms with Crippen LogP contribution < -0.4 is 10.5 Å². The normalized spacial score (nSPS) is 28.3. The predicted molar refractivity (Wildman–Crippen MR) is 83.2 cm³/mol. The van der Waals surface area contributed by atoms with E-state index in [0.29, 0.717) is 12.0 Å². The predicted octanol–water partition coefficient (Wildman–Crippen LogP) is 1.93. The van der Waals surface area contributed by atoms with Gasteiger partial charge in [0.05, 0.1) is 6.10 Å². The van der Waals surface area contributed by atoms with Crippen molar-refractivity contribution in [3.8, 4) is 5.75 Å². The van der Waals surface area contributed by atoms with E-state index in [1.54, 1.807) is 0 Å². The number of aliphatic hydroxyl groups is 1. The van der Waals surface area contributed by atoms with E-state index in [4.69, 9.17) is 10.5 Å². The quantitative estimate of drug-likeness (QED) is 0.840. The van der Waals surface area contributed by atoms with Gasteiger partial charge in [-0.3, -0.25) is 0 Å². The first kappa shape index (κ1) is 14.8. The van der Waals surface area contributed by atoms with Gasteiger partial charge in [-0.2, -0.15) is 0 Å². The molecule has 0 spiro atoms. The topological polar surface area (TPSA) is 58.7 Å². The lowest BCUT2D eigenvalue weighted by Gasteiger charge is -2.24. The molecule has 1 heterocycles. The second-order valence-electron chi connectivity index (χ2n) is 6.55. The standard InChI is InChI=1S/C17H26N2O2/c1-12-10-16(12)21-14-6-4-13(5-7-14)17(20)15(18)11-19-8-2-3-9-19/h4-7,12,15-17,20H,2-3,8-11,18H2,1H3/t12-,15-,16?,17-/m1/s1. The van der Waals surface area contributed by atoms with Gasteiger partial charge in [-0.1, -0.05) is 19.1 Å². The maximum Gasteiger partial charge on any atom is 0.119 e. The van der Waals surface area contributed by atoms with Crippen molar-refractivity contribution in [2.24, 2.45) is 11.7 Å². The van der Waals surface area contributed by atoms with Gasteiger partial charge in [0.15, 0.2) is 0 Å². The smallest absolute Gasteiger partial charge is 0.119 e. The number of hydrogen-bond acceptors (Lipinski definition) is 4. The Balaban J connectivity index is 1.54. The van der Waals surface area contributed by atoms with E-state index in [9.17, 15) is 5.11 Å². The molecule has 1 saturated carbocycles. The molecular weight excluding hydrogens is 264 g/mol. The molecule has 1 aromatic carbocycles. The van der Waals surface area contributed by atoms with Crippen molar-refractivity contribution in [1.29, 1.82) is 0 Å². The van der Waals surface area contributed by atoms with E-state index in [-0.39, 0.29) is 6.04 Å². The highest BCUT2D eigenvalue weighted by molar-refractivity contribution is 5.29. The molecule has 2 aliphatic rings. The minimum absolute atomic E-state index is 0.238. The number of nitrogens with two attached hydrogens (primary N) is 1. The van der Waals surface area contributed by atoms with Crippen molar-refractivity contribution in [2.45, 2.75) is 44.4 Å². The molecule has 1 saturated heterocycles. The second-order valence-corrected chi connectivity index (χ2v) is 6.55. The summed E-state index contributed by atoms with van der Waals surface area (Å²) in [4.78, 5) is 2.33. The Morgan fingerprint density at radius 2 is 1.90 bits per heavy atom. The van der Waals surface area contributed by atoms with E-state index in [1.807, 2.05) is 24.3 Å². The third kappa shape index (κ3) is 3.76. The molecule has 3 rings (SSSR count). The molecule has 116 valence electrons. The molecule has 2 fully saturated rings. The van der Waals surface area contributed by atoms with Gasteiger partial charge in [-0.25, -0.2) is 0 Å². The van der Waals surface area contributed by atoms with Gasteiger partial charge in [0.1, 0.15) is 11.9 Å². The largest absolute Gasteiger partial charge is 0.490 e. The molecule has 1 aliphatic heterocycles. The number of nitrogens with zero attached hydrogens (tertiary/aromatic N) is 1. The van der Waals surface area contributed by atoms with Crippen LogP contribution in [-0.2, 0) is 0 Å². The average molecular weight is 290 g/mol. The van der Waals surface area contributed by atoms with Crippen molar-refractivity contribution >= 4 is 0 Å². The number of benzene rings is 1. The van der Waals surface area contributed by atoms with Crippen LogP contribution in [0.25, 0.3) is 0 Å². The zero-order valence-electron chi connectivity index (χ0n) is 12.7. The van der Waals surface area contributed by atoms with Gasteiger partial charge in [-0.15, -0.1) is 0 Å². The minimum atomic E-state index is -0.612. The third-order valence-electron chi connectivity index (χ3n) is 4.62. The highest BCUT2D eigenvalue weighted by atomic mass is 16.5. The first-order valence-corrected chi connectivity index (χ1v) is 8.06. The number of hydrogen-bond donors (Lipinski definition) is 2. The number of rotatable bonds is 6. The Morgan fingerprint density at radius 1 is 1.29 bits per heavy atom. The van der Waals surface area contributed by atoms with Crippen molar-refractivity contribution in [3.63, 3.8) is 0 Å². The third-order valence-corrected chi connectivity index (χ3v) is 4.62. The maximum atomic E-state index is 10.4. The van der Waals surface area contributed by atoms with E-state index in [0.717, 1.165) is 37.4 Å². The van der Waals surface area contributed by atoms with Crippen LogP contribution in [0.3, 0.4) is 0 Å². The summed E-state index contributed by atoms with van der Waals surface area (Å²) in [5, 5.41) is 10.4. The van der Waals surface area contributed by atoms with Crippen LogP contribution in [0.4, 0.5) is 0 Å². The van der Waals surface area contributed by atoms with Crippen LogP contribution in [0.1, 0.15) is 37.9 Å². The molecule has 4 heteroatoms. The summed E-state index contributed by atoms with van der Waals surface area (Å²) in [5.74, 6) is 1.55. The van der Waals surface area contributed by atoms with Crippen LogP contribution in [0, 0.1) is 5.92 Å². The lowest BCUT2D eigenvalue weighted by atomic mass is 10.0. The van der Waals surface area contributed by atoms with Crippen LogP contribution in [0.15, 0.2) is 24.3 Å². The van der Waals surface area contributed by atoms with Crippen molar-refractivity contribution < 1.29 is 9.84 Å². The molecule has 1 aliphatic carbocycles. The fraction of sp³-hybridized carbons (Fsp3) is 0.647. The van der Waals surface area contributed by atoms with Crippen molar-refractivity contribution in [3.05, 3.63) is 29.8 Å². The summed E-state index contributed by atoms with van der Waals surface area (Å²) in [6.45, 7) is 5.17. The number of aliphatic hydroxyl groups excluding tert-OH is 1. The van der Waals surface area contributed by atoms with Gasteiger partial charge in [0.2, 0.25) is 0 Å².